The van der Waals surface area contributed by atoms with Crippen molar-refractivity contribution in [3.63, 3.8) is 0 Å². The first-order valence-corrected chi connectivity index (χ1v) is 8.02. The number of nitrogens with one attached hydrogen (secondary N) is 1. The maximum absolute atomic E-state index is 12.0. The summed E-state index contributed by atoms with van der Waals surface area (Å²) in [6.45, 7) is 6.72. The van der Waals surface area contributed by atoms with E-state index in [4.69, 9.17) is 4.74 Å². The number of anilines is 1. The highest BCUT2D eigenvalue weighted by atomic mass is 32.1. The van der Waals surface area contributed by atoms with Crippen LogP contribution in [0.3, 0.4) is 0 Å². The van der Waals surface area contributed by atoms with Crippen molar-refractivity contribution in [2.75, 3.05) is 31.2 Å². The molecule has 0 saturated carbocycles. The SMILES string of the molecule is CC(C)NC(=O)c1nc(-n2cnnc2N2CCOCC2)cs1. The summed E-state index contributed by atoms with van der Waals surface area (Å²) in [5.41, 5.74) is 0. The topological polar surface area (TPSA) is 85.2 Å². The van der Waals surface area contributed by atoms with Crippen molar-refractivity contribution in [1.82, 2.24) is 25.1 Å². The predicted molar refractivity (Wildman–Crippen MR) is 82.7 cm³/mol. The van der Waals surface area contributed by atoms with Gasteiger partial charge >= 0.3 is 0 Å². The molecule has 9 heteroatoms. The maximum Gasteiger partial charge on any atom is 0.280 e. The van der Waals surface area contributed by atoms with Gasteiger partial charge in [-0.2, -0.15) is 0 Å². The van der Waals surface area contributed by atoms with Gasteiger partial charge in [-0.3, -0.25) is 9.36 Å². The van der Waals surface area contributed by atoms with Crippen LogP contribution >= 0.6 is 11.3 Å². The summed E-state index contributed by atoms with van der Waals surface area (Å²) in [5, 5.41) is 13.2. The Balaban J connectivity index is 1.82. The monoisotopic (exact) mass is 322 g/mol. The molecule has 0 atom stereocenters. The zero-order valence-corrected chi connectivity index (χ0v) is 13.3. The van der Waals surface area contributed by atoms with Crippen molar-refractivity contribution < 1.29 is 9.53 Å². The average Bonchev–Trinajstić information content (AvgIpc) is 3.16. The normalized spacial score (nSPS) is 15.3. The summed E-state index contributed by atoms with van der Waals surface area (Å²) >= 11 is 1.31. The zero-order chi connectivity index (χ0) is 15.5. The summed E-state index contributed by atoms with van der Waals surface area (Å²) in [4.78, 5) is 18.5. The van der Waals surface area contributed by atoms with Gasteiger partial charge in [0.1, 0.15) is 6.33 Å². The van der Waals surface area contributed by atoms with E-state index in [-0.39, 0.29) is 11.9 Å². The van der Waals surface area contributed by atoms with Crippen LogP contribution in [0.1, 0.15) is 23.6 Å². The number of aromatic nitrogens is 4. The molecule has 1 saturated heterocycles. The van der Waals surface area contributed by atoms with Crippen LogP contribution in [-0.2, 0) is 4.74 Å². The van der Waals surface area contributed by atoms with Crippen LogP contribution in [0, 0.1) is 0 Å². The molecule has 1 N–H and O–H groups in total. The van der Waals surface area contributed by atoms with Crippen molar-refractivity contribution in [3.8, 4) is 5.82 Å². The molecule has 0 bridgehead atoms. The minimum absolute atomic E-state index is 0.0821. The largest absolute Gasteiger partial charge is 0.378 e. The fourth-order valence-corrected chi connectivity index (χ4v) is 2.87. The fraction of sp³-hybridized carbons (Fsp3) is 0.538. The summed E-state index contributed by atoms with van der Waals surface area (Å²) in [7, 11) is 0. The van der Waals surface area contributed by atoms with Crippen LogP contribution in [0.5, 0.6) is 0 Å². The molecule has 22 heavy (non-hydrogen) atoms. The Labute approximate surface area is 132 Å². The maximum atomic E-state index is 12.0. The number of hydrogen-bond acceptors (Lipinski definition) is 7. The molecule has 0 unspecified atom stereocenters. The molecule has 0 radical (unpaired) electrons. The van der Waals surface area contributed by atoms with E-state index in [0.29, 0.717) is 24.0 Å². The first-order valence-electron chi connectivity index (χ1n) is 7.14. The molecule has 1 aliphatic rings. The molecule has 118 valence electrons. The van der Waals surface area contributed by atoms with Crippen molar-refractivity contribution in [2.24, 2.45) is 0 Å². The Hall–Kier alpha value is -2.00. The molecule has 1 amide bonds. The third-order valence-corrected chi connectivity index (χ3v) is 4.01. The highest BCUT2D eigenvalue weighted by molar-refractivity contribution is 7.11. The van der Waals surface area contributed by atoms with Gasteiger partial charge in [-0.15, -0.1) is 21.5 Å². The standard InChI is InChI=1S/C13H18N6O2S/c1-9(2)15-11(20)12-16-10(7-22-12)19-8-14-17-13(19)18-3-5-21-6-4-18/h7-9H,3-6H2,1-2H3,(H,15,20). The van der Waals surface area contributed by atoms with Crippen LogP contribution in [0.15, 0.2) is 11.7 Å². The lowest BCUT2D eigenvalue weighted by Crippen LogP contribution is -2.37. The van der Waals surface area contributed by atoms with Crippen LogP contribution in [0.2, 0.25) is 0 Å². The van der Waals surface area contributed by atoms with Gasteiger partial charge in [-0.05, 0) is 13.8 Å². The number of hydrogen-bond donors (Lipinski definition) is 1. The third-order valence-electron chi connectivity index (χ3n) is 3.18. The Morgan fingerprint density at radius 1 is 1.41 bits per heavy atom. The number of carbonyl (C=O) groups is 1. The first kappa shape index (κ1) is 14.9. The molecule has 8 nitrogen and oxygen atoms in total. The van der Waals surface area contributed by atoms with Gasteiger partial charge in [0.05, 0.1) is 13.2 Å². The molecule has 0 aromatic carbocycles. The van der Waals surface area contributed by atoms with E-state index in [9.17, 15) is 4.79 Å². The number of amides is 1. The molecule has 3 rings (SSSR count). The lowest BCUT2D eigenvalue weighted by atomic mass is 10.4. The smallest absolute Gasteiger partial charge is 0.280 e. The second kappa shape index (κ2) is 6.41. The van der Waals surface area contributed by atoms with Crippen molar-refractivity contribution in [2.45, 2.75) is 19.9 Å². The van der Waals surface area contributed by atoms with E-state index < -0.39 is 0 Å². The Bertz CT molecular complexity index is 647. The first-order chi connectivity index (χ1) is 10.6. The van der Waals surface area contributed by atoms with Crippen LogP contribution < -0.4 is 10.2 Å². The quantitative estimate of drug-likeness (QED) is 0.892. The highest BCUT2D eigenvalue weighted by Gasteiger charge is 2.20. The number of rotatable bonds is 4. The predicted octanol–water partition coefficient (Wildman–Crippen LogP) is 0.699. The second-order valence-corrected chi connectivity index (χ2v) is 6.10. The zero-order valence-electron chi connectivity index (χ0n) is 12.5. The number of morpholine rings is 1. The molecule has 1 aliphatic heterocycles. The molecule has 0 spiro atoms. The lowest BCUT2D eigenvalue weighted by molar-refractivity contribution is 0.0942. The van der Waals surface area contributed by atoms with Crippen molar-refractivity contribution in [1.29, 1.82) is 0 Å². The molecule has 1 fully saturated rings. The van der Waals surface area contributed by atoms with Gasteiger partial charge in [0.2, 0.25) is 5.95 Å². The van der Waals surface area contributed by atoms with Gasteiger partial charge in [-0.1, -0.05) is 0 Å². The van der Waals surface area contributed by atoms with Crippen LogP contribution in [0.25, 0.3) is 5.82 Å². The van der Waals surface area contributed by atoms with Gasteiger partial charge < -0.3 is 15.0 Å². The third kappa shape index (κ3) is 3.09. The second-order valence-electron chi connectivity index (χ2n) is 5.24. The van der Waals surface area contributed by atoms with E-state index in [2.05, 4.69) is 25.4 Å². The van der Waals surface area contributed by atoms with E-state index in [1.54, 1.807) is 10.9 Å². The van der Waals surface area contributed by atoms with E-state index in [0.717, 1.165) is 19.0 Å². The van der Waals surface area contributed by atoms with Gasteiger partial charge in [0.25, 0.3) is 5.91 Å². The Kier molecular flexibility index (Phi) is 4.34. The van der Waals surface area contributed by atoms with Gasteiger partial charge in [0, 0.05) is 24.5 Å². The van der Waals surface area contributed by atoms with Crippen LogP contribution in [-0.4, -0.2) is 58.0 Å². The minimum atomic E-state index is -0.160. The summed E-state index contributed by atoms with van der Waals surface area (Å²) in [5.74, 6) is 1.22. The summed E-state index contributed by atoms with van der Waals surface area (Å²) in [6.07, 6.45) is 1.62. The van der Waals surface area contributed by atoms with Crippen LogP contribution in [0.4, 0.5) is 5.95 Å². The number of ether oxygens (including phenoxy) is 1. The van der Waals surface area contributed by atoms with Gasteiger partial charge in [0.15, 0.2) is 10.8 Å². The molecule has 3 heterocycles. The molecular weight excluding hydrogens is 304 g/mol. The molecule has 2 aromatic rings. The summed E-state index contributed by atoms with van der Waals surface area (Å²) < 4.78 is 7.15. The fourth-order valence-electron chi connectivity index (χ4n) is 2.17. The lowest BCUT2D eigenvalue weighted by Gasteiger charge is -2.27. The van der Waals surface area contributed by atoms with E-state index in [1.807, 2.05) is 19.2 Å². The Morgan fingerprint density at radius 2 is 2.18 bits per heavy atom. The number of carbonyl (C=O) groups excluding carboxylic acids is 1. The highest BCUT2D eigenvalue weighted by Crippen LogP contribution is 2.20. The average molecular weight is 322 g/mol. The van der Waals surface area contributed by atoms with E-state index in [1.165, 1.54) is 11.3 Å². The molecule has 0 aliphatic carbocycles. The summed E-state index contributed by atoms with van der Waals surface area (Å²) in [6, 6.07) is 0.0821. The molecule has 2 aromatic heterocycles. The number of nitrogens with zero attached hydrogens (tertiary/aromatic N) is 5. The van der Waals surface area contributed by atoms with Gasteiger partial charge in [-0.25, -0.2) is 4.98 Å². The van der Waals surface area contributed by atoms with E-state index >= 15 is 0 Å². The minimum Gasteiger partial charge on any atom is -0.378 e. The van der Waals surface area contributed by atoms with Crippen molar-refractivity contribution in [3.05, 3.63) is 16.7 Å². The number of thiazole rings is 1. The Morgan fingerprint density at radius 3 is 2.91 bits per heavy atom. The molecular formula is C13H18N6O2S. The van der Waals surface area contributed by atoms with Crippen molar-refractivity contribution >= 4 is 23.2 Å².